The molecule has 3 aromatic rings. The molecule has 8 nitrogen and oxygen atoms in total. The third-order valence-electron chi connectivity index (χ3n) is 4.44. The molecule has 0 aliphatic rings. The molecule has 32 heavy (non-hydrogen) atoms. The molecular formula is C23H23N3O5S. The maximum Gasteiger partial charge on any atom is 0.276 e. The maximum absolute atomic E-state index is 12.3. The number of rotatable bonds is 8. The molecule has 0 aliphatic heterocycles. The molecule has 3 N–H and O–H groups in total. The fraction of sp³-hybridized carbons (Fsp3) is 0.130. The first-order chi connectivity index (χ1) is 15.3. The van der Waals surface area contributed by atoms with E-state index < -0.39 is 27.9 Å². The zero-order chi connectivity index (χ0) is 23.0. The minimum absolute atomic E-state index is 0.0374. The monoisotopic (exact) mass is 453 g/mol. The predicted octanol–water partition coefficient (Wildman–Crippen LogP) is 2.25. The van der Waals surface area contributed by atoms with Crippen molar-refractivity contribution in [3.05, 3.63) is 84.9 Å². The lowest BCUT2D eigenvalue weighted by Gasteiger charge is -2.15. The summed E-state index contributed by atoms with van der Waals surface area (Å²) in [6.07, 6.45) is 0. The average Bonchev–Trinajstić information content (AvgIpc) is 2.82. The summed E-state index contributed by atoms with van der Waals surface area (Å²) < 4.78 is 32.2. The number of amides is 2. The molecule has 0 aromatic heterocycles. The van der Waals surface area contributed by atoms with Gasteiger partial charge in [0.1, 0.15) is 5.75 Å². The standard InChI is InChI=1S/C23H23N3O5S/c1-17(26-32(29,30)21-10-6-3-7-11-21)23(28)25-24-22(27)16-31-20-14-12-19(13-15-20)18-8-4-2-5-9-18/h2-15,17,26H,16H2,1H3,(H,24,27)(H,25,28)/t17-/m1/s1. The van der Waals surface area contributed by atoms with Gasteiger partial charge in [-0.15, -0.1) is 0 Å². The Morgan fingerprint density at radius 3 is 2.00 bits per heavy atom. The Balaban J connectivity index is 1.44. The van der Waals surface area contributed by atoms with E-state index in [9.17, 15) is 18.0 Å². The van der Waals surface area contributed by atoms with Gasteiger partial charge in [0.05, 0.1) is 10.9 Å². The Labute approximate surface area is 186 Å². The lowest BCUT2D eigenvalue weighted by atomic mass is 10.1. The lowest BCUT2D eigenvalue weighted by Crippen LogP contribution is -2.51. The second-order valence-electron chi connectivity index (χ2n) is 6.87. The largest absolute Gasteiger partial charge is 0.484 e. The van der Waals surface area contributed by atoms with Crippen molar-refractivity contribution in [1.82, 2.24) is 15.6 Å². The van der Waals surface area contributed by atoms with E-state index in [1.54, 1.807) is 30.3 Å². The Morgan fingerprint density at radius 2 is 1.38 bits per heavy atom. The molecule has 0 bridgehead atoms. The second kappa shape index (κ2) is 10.6. The van der Waals surface area contributed by atoms with E-state index in [0.29, 0.717) is 5.75 Å². The number of nitrogens with one attached hydrogen (secondary N) is 3. The van der Waals surface area contributed by atoms with E-state index in [1.165, 1.54) is 19.1 Å². The molecular weight excluding hydrogens is 430 g/mol. The number of hydrazine groups is 1. The lowest BCUT2D eigenvalue weighted by molar-refractivity contribution is -0.130. The second-order valence-corrected chi connectivity index (χ2v) is 8.59. The summed E-state index contributed by atoms with van der Waals surface area (Å²) in [5, 5.41) is 0. The van der Waals surface area contributed by atoms with Crippen LogP contribution in [0.1, 0.15) is 6.92 Å². The van der Waals surface area contributed by atoms with Gasteiger partial charge in [-0.1, -0.05) is 60.7 Å². The molecule has 0 aliphatic carbocycles. The summed E-state index contributed by atoms with van der Waals surface area (Å²) in [5.74, 6) is -0.816. The molecule has 0 radical (unpaired) electrons. The van der Waals surface area contributed by atoms with E-state index in [2.05, 4.69) is 15.6 Å². The first-order valence-corrected chi connectivity index (χ1v) is 11.3. The van der Waals surface area contributed by atoms with Crippen LogP contribution in [0.25, 0.3) is 11.1 Å². The zero-order valence-corrected chi connectivity index (χ0v) is 18.1. The van der Waals surface area contributed by atoms with Crippen molar-refractivity contribution in [2.24, 2.45) is 0 Å². The fourth-order valence-electron chi connectivity index (χ4n) is 2.75. The van der Waals surface area contributed by atoms with Crippen molar-refractivity contribution in [2.45, 2.75) is 17.9 Å². The third kappa shape index (κ3) is 6.40. The van der Waals surface area contributed by atoms with Gasteiger partial charge in [-0.3, -0.25) is 20.4 Å². The molecule has 0 unspecified atom stereocenters. The minimum atomic E-state index is -3.86. The highest BCUT2D eigenvalue weighted by atomic mass is 32.2. The van der Waals surface area contributed by atoms with E-state index >= 15 is 0 Å². The Hall–Kier alpha value is -3.69. The van der Waals surface area contributed by atoms with Crippen LogP contribution in [0.3, 0.4) is 0 Å². The van der Waals surface area contributed by atoms with Gasteiger partial charge < -0.3 is 4.74 Å². The number of benzene rings is 3. The normalized spacial score (nSPS) is 11.9. The molecule has 1 atom stereocenters. The summed E-state index contributed by atoms with van der Waals surface area (Å²) in [7, 11) is -3.86. The first kappa shape index (κ1) is 23.0. The molecule has 0 saturated carbocycles. The van der Waals surface area contributed by atoms with Crippen molar-refractivity contribution in [3.63, 3.8) is 0 Å². The topological polar surface area (TPSA) is 114 Å². The average molecular weight is 454 g/mol. The molecule has 3 rings (SSSR count). The number of ether oxygens (including phenoxy) is 1. The highest BCUT2D eigenvalue weighted by Crippen LogP contribution is 2.21. The van der Waals surface area contributed by atoms with Gasteiger partial charge in [0.2, 0.25) is 10.0 Å². The van der Waals surface area contributed by atoms with Crippen LogP contribution in [-0.4, -0.2) is 32.9 Å². The van der Waals surface area contributed by atoms with Gasteiger partial charge in [0.15, 0.2) is 6.61 Å². The Bertz CT molecular complexity index is 1150. The molecule has 2 amide bonds. The minimum Gasteiger partial charge on any atom is -0.484 e. The molecule has 3 aromatic carbocycles. The predicted molar refractivity (Wildman–Crippen MR) is 120 cm³/mol. The van der Waals surface area contributed by atoms with Crippen LogP contribution in [0.15, 0.2) is 89.8 Å². The molecule has 0 fully saturated rings. The Kier molecular flexibility index (Phi) is 7.58. The first-order valence-electron chi connectivity index (χ1n) is 9.79. The van der Waals surface area contributed by atoms with Crippen LogP contribution < -0.4 is 20.3 Å². The van der Waals surface area contributed by atoms with Crippen LogP contribution in [0.2, 0.25) is 0 Å². The quantitative estimate of drug-likeness (QED) is 0.453. The van der Waals surface area contributed by atoms with Crippen LogP contribution >= 0.6 is 0 Å². The number of hydrogen-bond acceptors (Lipinski definition) is 5. The fourth-order valence-corrected chi connectivity index (χ4v) is 3.98. The number of sulfonamides is 1. The summed E-state index contributed by atoms with van der Waals surface area (Å²) in [5.41, 5.74) is 6.46. The highest BCUT2D eigenvalue weighted by molar-refractivity contribution is 7.89. The van der Waals surface area contributed by atoms with Crippen LogP contribution in [0.4, 0.5) is 0 Å². The molecule has 0 spiro atoms. The van der Waals surface area contributed by atoms with E-state index in [4.69, 9.17) is 4.74 Å². The van der Waals surface area contributed by atoms with Crippen molar-refractivity contribution in [1.29, 1.82) is 0 Å². The maximum atomic E-state index is 12.3. The van der Waals surface area contributed by atoms with Gasteiger partial charge in [-0.2, -0.15) is 4.72 Å². The van der Waals surface area contributed by atoms with Crippen molar-refractivity contribution in [3.8, 4) is 16.9 Å². The van der Waals surface area contributed by atoms with Crippen LogP contribution in [0.5, 0.6) is 5.75 Å². The van der Waals surface area contributed by atoms with E-state index in [0.717, 1.165) is 11.1 Å². The number of carbonyl (C=O) groups is 2. The van der Waals surface area contributed by atoms with Gasteiger partial charge in [0, 0.05) is 0 Å². The van der Waals surface area contributed by atoms with Crippen molar-refractivity contribution >= 4 is 21.8 Å². The van der Waals surface area contributed by atoms with E-state index in [-0.39, 0.29) is 11.5 Å². The molecule has 166 valence electrons. The van der Waals surface area contributed by atoms with Crippen molar-refractivity contribution in [2.75, 3.05) is 6.61 Å². The summed E-state index contributed by atoms with van der Waals surface area (Å²) in [6, 6.07) is 23.6. The number of hydrogen-bond donors (Lipinski definition) is 3. The van der Waals surface area contributed by atoms with Crippen LogP contribution in [0, 0.1) is 0 Å². The smallest absolute Gasteiger partial charge is 0.276 e. The van der Waals surface area contributed by atoms with Crippen molar-refractivity contribution < 1.29 is 22.7 Å². The van der Waals surface area contributed by atoms with E-state index in [1.807, 2.05) is 42.5 Å². The SMILES string of the molecule is C[C@@H](NS(=O)(=O)c1ccccc1)C(=O)NNC(=O)COc1ccc(-c2ccccc2)cc1. The summed E-state index contributed by atoms with van der Waals surface area (Å²) in [4.78, 5) is 24.1. The zero-order valence-electron chi connectivity index (χ0n) is 17.3. The van der Waals surface area contributed by atoms with Gasteiger partial charge in [-0.05, 0) is 42.3 Å². The molecule has 0 saturated heterocycles. The molecule has 0 heterocycles. The molecule has 9 heteroatoms. The summed E-state index contributed by atoms with van der Waals surface area (Å²) >= 11 is 0. The van der Waals surface area contributed by atoms with Gasteiger partial charge >= 0.3 is 0 Å². The van der Waals surface area contributed by atoms with Gasteiger partial charge in [0.25, 0.3) is 11.8 Å². The third-order valence-corrected chi connectivity index (χ3v) is 5.99. The van der Waals surface area contributed by atoms with Crippen LogP contribution in [-0.2, 0) is 19.6 Å². The summed E-state index contributed by atoms with van der Waals surface area (Å²) in [6.45, 7) is 1.04. The van der Waals surface area contributed by atoms with Gasteiger partial charge in [-0.25, -0.2) is 8.42 Å². The number of carbonyl (C=O) groups excluding carboxylic acids is 2. The Morgan fingerprint density at radius 1 is 0.812 bits per heavy atom. The highest BCUT2D eigenvalue weighted by Gasteiger charge is 2.22.